The third-order valence-corrected chi connectivity index (χ3v) is 6.40. The standard InChI is InChI=1S/C20H19N5O2S3/c1-13-23-24-20(29-13)22-17(11-14-7-9-16(10-8-14)25-30(26)27)18-12-28-19(21-18)15-5-3-2-4-6-15/h2-10,12,17,25H,11H2,1H3,(H,22,24)(H,26,27)/p-1/t17-/m0/s1. The van der Waals surface area contributed by atoms with Gasteiger partial charge >= 0.3 is 0 Å². The third-order valence-electron chi connectivity index (χ3n) is 4.32. The van der Waals surface area contributed by atoms with Crippen molar-refractivity contribution in [2.45, 2.75) is 19.4 Å². The van der Waals surface area contributed by atoms with Gasteiger partial charge in [-0.1, -0.05) is 53.8 Å². The maximum atomic E-state index is 10.8. The van der Waals surface area contributed by atoms with E-state index < -0.39 is 11.3 Å². The van der Waals surface area contributed by atoms with Gasteiger partial charge in [0.25, 0.3) is 0 Å². The molecule has 2 atom stereocenters. The van der Waals surface area contributed by atoms with Crippen LogP contribution in [-0.4, -0.2) is 23.9 Å². The number of anilines is 2. The number of hydrogen-bond acceptors (Lipinski definition) is 8. The minimum absolute atomic E-state index is 0.0986. The second kappa shape index (κ2) is 9.43. The largest absolute Gasteiger partial charge is 0.755 e. The van der Waals surface area contributed by atoms with E-state index in [4.69, 9.17) is 4.98 Å². The van der Waals surface area contributed by atoms with E-state index in [0.29, 0.717) is 12.1 Å². The summed E-state index contributed by atoms with van der Waals surface area (Å²) < 4.78 is 24.0. The molecule has 0 amide bonds. The lowest BCUT2D eigenvalue weighted by Gasteiger charge is -2.17. The van der Waals surface area contributed by atoms with Gasteiger partial charge in [-0.3, -0.25) is 4.21 Å². The predicted octanol–water partition coefficient (Wildman–Crippen LogP) is 4.57. The lowest BCUT2D eigenvalue weighted by Crippen LogP contribution is -2.14. The van der Waals surface area contributed by atoms with E-state index in [0.717, 1.165) is 32.0 Å². The molecule has 1 unspecified atom stereocenters. The summed E-state index contributed by atoms with van der Waals surface area (Å²) in [6, 6.07) is 17.3. The predicted molar refractivity (Wildman–Crippen MR) is 121 cm³/mol. The van der Waals surface area contributed by atoms with E-state index >= 15 is 0 Å². The Labute approximate surface area is 184 Å². The fourth-order valence-corrected chi connectivity index (χ4v) is 4.79. The Bertz CT molecular complexity index is 1130. The van der Waals surface area contributed by atoms with Crippen LogP contribution in [0.2, 0.25) is 0 Å². The van der Waals surface area contributed by atoms with Crippen molar-refractivity contribution < 1.29 is 8.76 Å². The molecule has 4 aromatic rings. The number of thiazole rings is 1. The first-order valence-corrected chi connectivity index (χ1v) is 11.9. The lowest BCUT2D eigenvalue weighted by molar-refractivity contribution is 0.542. The number of nitrogens with one attached hydrogen (secondary N) is 2. The second-order valence-electron chi connectivity index (χ2n) is 6.50. The van der Waals surface area contributed by atoms with Gasteiger partial charge in [-0.25, -0.2) is 4.98 Å². The van der Waals surface area contributed by atoms with Gasteiger partial charge < -0.3 is 14.6 Å². The number of hydrogen-bond donors (Lipinski definition) is 2. The van der Waals surface area contributed by atoms with Crippen molar-refractivity contribution in [1.29, 1.82) is 0 Å². The zero-order valence-corrected chi connectivity index (χ0v) is 18.4. The van der Waals surface area contributed by atoms with Crippen molar-refractivity contribution in [3.05, 3.63) is 76.2 Å². The van der Waals surface area contributed by atoms with Crippen molar-refractivity contribution >= 4 is 44.8 Å². The van der Waals surface area contributed by atoms with Crippen LogP contribution in [0.5, 0.6) is 0 Å². The quantitative estimate of drug-likeness (QED) is 0.377. The van der Waals surface area contributed by atoms with Crippen LogP contribution in [0.25, 0.3) is 10.6 Å². The van der Waals surface area contributed by atoms with Gasteiger partial charge in [-0.05, 0) is 31.0 Å². The molecule has 0 aliphatic rings. The number of benzene rings is 2. The zero-order chi connectivity index (χ0) is 20.9. The highest BCUT2D eigenvalue weighted by Gasteiger charge is 2.18. The third kappa shape index (κ3) is 5.28. The fourth-order valence-electron chi connectivity index (χ4n) is 2.93. The molecule has 2 aromatic heterocycles. The SMILES string of the molecule is Cc1nnc(N[C@@H](Cc2ccc(NS(=O)[O-])cc2)c2csc(-c3ccccc3)n2)s1. The molecule has 4 rings (SSSR count). The number of rotatable bonds is 8. The van der Waals surface area contributed by atoms with Crippen molar-refractivity contribution in [1.82, 2.24) is 15.2 Å². The average molecular weight is 457 g/mol. The highest BCUT2D eigenvalue weighted by Crippen LogP contribution is 2.30. The molecule has 10 heteroatoms. The molecule has 0 aliphatic carbocycles. The Hall–Kier alpha value is -2.66. The molecule has 0 bridgehead atoms. The summed E-state index contributed by atoms with van der Waals surface area (Å²) in [5.74, 6) is 0. The van der Waals surface area contributed by atoms with Crippen LogP contribution in [0.15, 0.2) is 60.0 Å². The minimum Gasteiger partial charge on any atom is -0.755 e. The van der Waals surface area contributed by atoms with E-state index in [9.17, 15) is 8.76 Å². The lowest BCUT2D eigenvalue weighted by atomic mass is 10.0. The van der Waals surface area contributed by atoms with Crippen LogP contribution in [-0.2, 0) is 17.7 Å². The van der Waals surface area contributed by atoms with E-state index in [-0.39, 0.29) is 6.04 Å². The second-order valence-corrected chi connectivity index (χ2v) is 9.22. The smallest absolute Gasteiger partial charge is 0.206 e. The van der Waals surface area contributed by atoms with E-state index in [1.54, 1.807) is 23.5 Å². The van der Waals surface area contributed by atoms with E-state index in [1.165, 1.54) is 11.3 Å². The topological polar surface area (TPSA) is 103 Å². The summed E-state index contributed by atoms with van der Waals surface area (Å²) in [6.45, 7) is 1.92. The van der Waals surface area contributed by atoms with Gasteiger partial charge in [0, 0.05) is 27.9 Å². The van der Waals surface area contributed by atoms with Crippen LogP contribution in [0.3, 0.4) is 0 Å². The van der Waals surface area contributed by atoms with Crippen LogP contribution in [0.4, 0.5) is 10.8 Å². The molecule has 0 aliphatic heterocycles. The molecule has 0 radical (unpaired) electrons. The average Bonchev–Trinajstić information content (AvgIpc) is 3.38. The fraction of sp³-hybridized carbons (Fsp3) is 0.150. The Kier molecular flexibility index (Phi) is 6.48. The van der Waals surface area contributed by atoms with Gasteiger partial charge in [-0.15, -0.1) is 21.5 Å². The summed E-state index contributed by atoms with van der Waals surface area (Å²) in [5, 5.41) is 16.4. The summed E-state index contributed by atoms with van der Waals surface area (Å²) in [4.78, 5) is 4.86. The van der Waals surface area contributed by atoms with Crippen LogP contribution in [0, 0.1) is 6.92 Å². The zero-order valence-electron chi connectivity index (χ0n) is 15.9. The molecule has 7 nitrogen and oxygen atoms in total. The molecule has 2 heterocycles. The number of nitrogens with zero attached hydrogens (tertiary/aromatic N) is 3. The van der Waals surface area contributed by atoms with Crippen molar-refractivity contribution in [2.75, 3.05) is 10.0 Å². The van der Waals surface area contributed by atoms with Gasteiger partial charge in [0.1, 0.15) is 10.0 Å². The first-order valence-electron chi connectivity index (χ1n) is 9.09. The summed E-state index contributed by atoms with van der Waals surface area (Å²) in [7, 11) is 0. The normalized spacial score (nSPS) is 13.0. The molecule has 0 saturated heterocycles. The van der Waals surface area contributed by atoms with Crippen LogP contribution in [0.1, 0.15) is 22.3 Å². The summed E-state index contributed by atoms with van der Waals surface area (Å²) in [6.07, 6.45) is 0.664. The first kappa shape index (κ1) is 20.6. The maximum absolute atomic E-state index is 10.8. The number of aromatic nitrogens is 3. The highest BCUT2D eigenvalue weighted by molar-refractivity contribution is 7.80. The monoisotopic (exact) mass is 456 g/mol. The molecule has 154 valence electrons. The minimum atomic E-state index is -2.34. The van der Waals surface area contributed by atoms with Gasteiger partial charge in [0.2, 0.25) is 5.13 Å². The van der Waals surface area contributed by atoms with Gasteiger partial charge in [0.15, 0.2) is 0 Å². The molecule has 0 saturated carbocycles. The Morgan fingerprint density at radius 1 is 1.10 bits per heavy atom. The summed E-state index contributed by atoms with van der Waals surface area (Å²) >= 11 is 0.764. The van der Waals surface area contributed by atoms with Crippen molar-refractivity contribution in [3.63, 3.8) is 0 Å². The molecule has 0 fully saturated rings. The Morgan fingerprint density at radius 3 is 2.53 bits per heavy atom. The van der Waals surface area contributed by atoms with Crippen LogP contribution < -0.4 is 10.0 Å². The molecular weight excluding hydrogens is 438 g/mol. The van der Waals surface area contributed by atoms with E-state index in [1.807, 2.05) is 49.4 Å². The Balaban J connectivity index is 1.58. The van der Waals surface area contributed by atoms with Crippen molar-refractivity contribution in [3.8, 4) is 10.6 Å². The molecule has 2 N–H and O–H groups in total. The van der Waals surface area contributed by atoms with Crippen LogP contribution >= 0.6 is 22.7 Å². The van der Waals surface area contributed by atoms with Gasteiger partial charge in [-0.2, -0.15) is 0 Å². The number of aryl methyl sites for hydroxylation is 1. The molecular formula is C20H18N5O2S3-. The maximum Gasteiger partial charge on any atom is 0.206 e. The Morgan fingerprint density at radius 2 is 1.87 bits per heavy atom. The van der Waals surface area contributed by atoms with Gasteiger partial charge in [0.05, 0.1) is 11.7 Å². The van der Waals surface area contributed by atoms with Crippen molar-refractivity contribution in [2.24, 2.45) is 0 Å². The molecule has 2 aromatic carbocycles. The van der Waals surface area contributed by atoms with E-state index in [2.05, 4.69) is 25.6 Å². The first-order chi connectivity index (χ1) is 14.6. The molecule has 30 heavy (non-hydrogen) atoms. The highest BCUT2D eigenvalue weighted by atomic mass is 32.2. The summed E-state index contributed by atoms with van der Waals surface area (Å²) in [5.41, 5.74) is 3.58. The molecule has 0 spiro atoms.